The molecule has 0 aliphatic rings. The van der Waals surface area contributed by atoms with E-state index < -0.39 is 22.9 Å². The number of carbonyl (C=O) groups is 1. The molecule has 2 atom stereocenters. The van der Waals surface area contributed by atoms with Crippen LogP contribution < -0.4 is 5.73 Å². The summed E-state index contributed by atoms with van der Waals surface area (Å²) >= 11 is 0. The highest BCUT2D eigenvalue weighted by Gasteiger charge is 2.27. The average molecular weight is 229 g/mol. The van der Waals surface area contributed by atoms with Gasteiger partial charge in [-0.05, 0) is 18.9 Å². The van der Waals surface area contributed by atoms with E-state index in [9.17, 15) is 19.8 Å². The monoisotopic (exact) mass is 229 g/mol. The van der Waals surface area contributed by atoms with Crippen molar-refractivity contribution in [2.45, 2.75) is 39.3 Å². The zero-order valence-electron chi connectivity index (χ0n) is 9.47. The first kappa shape index (κ1) is 14.2. The van der Waals surface area contributed by atoms with E-state index in [2.05, 4.69) is 5.18 Å². The van der Waals surface area contributed by atoms with Gasteiger partial charge in [0.05, 0.1) is 0 Å². The Morgan fingerprint density at radius 1 is 1.56 bits per heavy atom. The van der Waals surface area contributed by atoms with E-state index in [1.54, 1.807) is 6.92 Å². The fourth-order valence-electron chi connectivity index (χ4n) is 1.55. The molecule has 2 N–H and O–H groups in total. The summed E-state index contributed by atoms with van der Waals surface area (Å²) in [6.45, 7) is 4.57. The SMILES string of the molecule is CCC(=C(C)C(N=O)C(N)=O)C(C)[N+](=O)[O-]. The largest absolute Gasteiger partial charge is 0.367 e. The van der Waals surface area contributed by atoms with Crippen LogP contribution in [0.4, 0.5) is 0 Å². The summed E-state index contributed by atoms with van der Waals surface area (Å²) in [7, 11) is 0. The van der Waals surface area contributed by atoms with Gasteiger partial charge >= 0.3 is 0 Å². The van der Waals surface area contributed by atoms with Crippen molar-refractivity contribution in [1.29, 1.82) is 0 Å². The molecule has 2 unspecified atom stereocenters. The number of nitrogens with two attached hydrogens (primary N) is 1. The van der Waals surface area contributed by atoms with Crippen molar-refractivity contribution >= 4 is 5.91 Å². The minimum absolute atomic E-state index is 0.272. The molecule has 0 aliphatic heterocycles. The molecule has 0 saturated carbocycles. The number of primary amides is 1. The summed E-state index contributed by atoms with van der Waals surface area (Å²) in [5.41, 5.74) is 5.66. The van der Waals surface area contributed by atoms with Gasteiger partial charge in [0.25, 0.3) is 0 Å². The second-order valence-electron chi connectivity index (χ2n) is 3.43. The van der Waals surface area contributed by atoms with Gasteiger partial charge in [0.2, 0.25) is 11.9 Å². The quantitative estimate of drug-likeness (QED) is 0.316. The van der Waals surface area contributed by atoms with E-state index >= 15 is 0 Å². The second-order valence-corrected chi connectivity index (χ2v) is 3.43. The van der Waals surface area contributed by atoms with Gasteiger partial charge in [0.15, 0.2) is 6.04 Å². The smallest absolute Gasteiger partial charge is 0.250 e. The number of hydrogen-bond donors (Lipinski definition) is 1. The third-order valence-corrected chi connectivity index (χ3v) is 2.49. The van der Waals surface area contributed by atoms with Gasteiger partial charge in [0.1, 0.15) is 0 Å². The molecular formula is C9H15N3O4. The number of amides is 1. The van der Waals surface area contributed by atoms with Gasteiger partial charge in [-0.2, -0.15) is 0 Å². The lowest BCUT2D eigenvalue weighted by atomic mass is 9.95. The van der Waals surface area contributed by atoms with Crippen LogP contribution in [0, 0.1) is 15.0 Å². The summed E-state index contributed by atoms with van der Waals surface area (Å²) in [5, 5.41) is 13.2. The van der Waals surface area contributed by atoms with E-state index in [0.717, 1.165) is 0 Å². The zero-order chi connectivity index (χ0) is 12.9. The van der Waals surface area contributed by atoms with Crippen molar-refractivity contribution in [3.05, 3.63) is 26.2 Å². The van der Waals surface area contributed by atoms with Gasteiger partial charge in [-0.25, -0.2) is 0 Å². The summed E-state index contributed by atoms with van der Waals surface area (Å²) < 4.78 is 0. The number of carbonyl (C=O) groups excluding carboxylic acids is 1. The van der Waals surface area contributed by atoms with Crippen molar-refractivity contribution in [2.24, 2.45) is 10.9 Å². The molecule has 0 aromatic carbocycles. The standard InChI is InChI=1S/C9H15N3O4/c1-4-7(6(3)12(15)16)5(2)8(11-14)9(10)13/h6,8H,4H2,1-3H3,(H2,10,13). The molecule has 0 rings (SSSR count). The van der Waals surface area contributed by atoms with Crippen LogP contribution in [0.1, 0.15) is 27.2 Å². The maximum absolute atomic E-state index is 10.9. The zero-order valence-corrected chi connectivity index (χ0v) is 9.47. The summed E-state index contributed by atoms with van der Waals surface area (Å²) in [6.07, 6.45) is 0.368. The van der Waals surface area contributed by atoms with E-state index in [1.165, 1.54) is 13.8 Å². The van der Waals surface area contributed by atoms with Crippen LogP contribution >= 0.6 is 0 Å². The van der Waals surface area contributed by atoms with Gasteiger partial charge < -0.3 is 5.73 Å². The summed E-state index contributed by atoms with van der Waals surface area (Å²) in [5.74, 6) is -0.894. The van der Waals surface area contributed by atoms with E-state index in [1.807, 2.05) is 0 Å². The van der Waals surface area contributed by atoms with Crippen LogP contribution in [0.5, 0.6) is 0 Å². The van der Waals surface area contributed by atoms with Crippen LogP contribution in [0.3, 0.4) is 0 Å². The van der Waals surface area contributed by atoms with Crippen LogP contribution in [0.15, 0.2) is 16.3 Å². The molecule has 0 aliphatic carbocycles. The molecule has 16 heavy (non-hydrogen) atoms. The molecule has 0 bridgehead atoms. The Labute approximate surface area is 92.8 Å². The predicted molar refractivity (Wildman–Crippen MR) is 58.2 cm³/mol. The molecule has 0 heterocycles. The first-order chi connectivity index (χ1) is 7.36. The minimum Gasteiger partial charge on any atom is -0.367 e. The molecule has 0 saturated heterocycles. The molecule has 0 radical (unpaired) electrons. The van der Waals surface area contributed by atoms with Crippen LogP contribution in [-0.4, -0.2) is 22.9 Å². The Hall–Kier alpha value is -1.79. The Kier molecular flexibility index (Phi) is 5.27. The topological polar surface area (TPSA) is 116 Å². The van der Waals surface area contributed by atoms with Gasteiger partial charge in [-0.3, -0.25) is 14.9 Å². The Morgan fingerprint density at radius 2 is 2.06 bits per heavy atom. The Morgan fingerprint density at radius 3 is 2.31 bits per heavy atom. The van der Waals surface area contributed by atoms with Crippen LogP contribution in [-0.2, 0) is 4.79 Å². The molecule has 0 aromatic heterocycles. The van der Waals surface area contributed by atoms with Crippen molar-refractivity contribution in [3.63, 3.8) is 0 Å². The van der Waals surface area contributed by atoms with E-state index in [0.29, 0.717) is 12.0 Å². The molecule has 1 amide bonds. The van der Waals surface area contributed by atoms with E-state index in [-0.39, 0.29) is 5.57 Å². The van der Waals surface area contributed by atoms with Crippen LogP contribution in [0.2, 0.25) is 0 Å². The summed E-state index contributed by atoms with van der Waals surface area (Å²) in [6, 6.07) is -2.27. The Balaban J connectivity index is 5.36. The number of nitrogens with zero attached hydrogens (tertiary/aromatic N) is 2. The molecule has 0 aromatic rings. The third-order valence-electron chi connectivity index (χ3n) is 2.49. The van der Waals surface area contributed by atoms with Gasteiger partial charge in [0, 0.05) is 17.4 Å². The predicted octanol–water partition coefficient (Wildman–Crippen LogP) is 0.998. The van der Waals surface area contributed by atoms with Crippen molar-refractivity contribution in [1.82, 2.24) is 0 Å². The van der Waals surface area contributed by atoms with Gasteiger partial charge in [-0.1, -0.05) is 12.1 Å². The highest BCUT2D eigenvalue weighted by Crippen LogP contribution is 2.19. The maximum atomic E-state index is 10.9. The first-order valence-corrected chi connectivity index (χ1v) is 4.81. The molecule has 7 heteroatoms. The van der Waals surface area contributed by atoms with Crippen molar-refractivity contribution < 1.29 is 9.72 Å². The third kappa shape index (κ3) is 3.11. The maximum Gasteiger partial charge on any atom is 0.250 e. The fraction of sp³-hybridized carbons (Fsp3) is 0.667. The summed E-state index contributed by atoms with van der Waals surface area (Å²) in [4.78, 5) is 31.5. The lowest BCUT2D eigenvalue weighted by molar-refractivity contribution is -0.508. The Bertz CT molecular complexity index is 338. The normalized spacial score (nSPS) is 15.9. The number of nitro groups is 1. The average Bonchev–Trinajstić information content (AvgIpc) is 2.18. The number of nitroso groups, excluding NO2 is 1. The fourth-order valence-corrected chi connectivity index (χ4v) is 1.55. The molecular weight excluding hydrogens is 214 g/mol. The highest BCUT2D eigenvalue weighted by molar-refractivity contribution is 5.83. The molecule has 0 spiro atoms. The van der Waals surface area contributed by atoms with Crippen molar-refractivity contribution in [2.75, 3.05) is 0 Å². The highest BCUT2D eigenvalue weighted by atomic mass is 16.6. The van der Waals surface area contributed by atoms with Crippen molar-refractivity contribution in [3.8, 4) is 0 Å². The van der Waals surface area contributed by atoms with Gasteiger partial charge in [-0.15, -0.1) is 4.91 Å². The first-order valence-electron chi connectivity index (χ1n) is 4.81. The molecule has 7 nitrogen and oxygen atoms in total. The lowest BCUT2D eigenvalue weighted by Gasteiger charge is -2.13. The number of rotatable bonds is 6. The van der Waals surface area contributed by atoms with Crippen LogP contribution in [0.25, 0.3) is 0 Å². The second kappa shape index (κ2) is 5.94. The lowest BCUT2D eigenvalue weighted by Crippen LogP contribution is -2.30. The number of hydrogen-bond acceptors (Lipinski definition) is 5. The van der Waals surface area contributed by atoms with E-state index in [4.69, 9.17) is 5.73 Å². The minimum atomic E-state index is -1.32. The molecule has 90 valence electrons. The molecule has 0 fully saturated rings.